The van der Waals surface area contributed by atoms with E-state index in [0.717, 1.165) is 4.48 Å². The molecule has 3 aliphatic carbocycles. The van der Waals surface area contributed by atoms with Crippen molar-refractivity contribution in [3.8, 4) is 0 Å². The zero-order chi connectivity index (χ0) is 9.76. The van der Waals surface area contributed by atoms with Gasteiger partial charge in [0.15, 0.2) is 0 Å². The number of hydrogen-bond donors (Lipinski definition) is 0. The molecule has 0 spiro atoms. The molecule has 4 bridgehead atoms. The molecular formula is C13H18N+. The van der Waals surface area contributed by atoms with Crippen LogP contribution in [-0.4, -0.2) is 31.2 Å². The molecule has 1 nitrogen and oxygen atoms in total. The van der Waals surface area contributed by atoms with Crippen LogP contribution in [0.3, 0.4) is 0 Å². The van der Waals surface area contributed by atoms with Crippen LogP contribution in [0.2, 0.25) is 0 Å². The first-order valence-corrected chi connectivity index (χ1v) is 5.57. The Balaban J connectivity index is 2.10. The topological polar surface area (TPSA) is 0 Å². The average Bonchev–Trinajstić information content (AvgIpc) is 2.43. The lowest BCUT2D eigenvalue weighted by Gasteiger charge is -2.45. The van der Waals surface area contributed by atoms with Gasteiger partial charge in [0, 0.05) is 12.3 Å². The second-order valence-electron chi connectivity index (χ2n) is 5.36. The van der Waals surface area contributed by atoms with Crippen LogP contribution < -0.4 is 0 Å². The van der Waals surface area contributed by atoms with E-state index in [1.165, 1.54) is 13.0 Å². The molecule has 14 heavy (non-hydrogen) atoms. The molecule has 1 heterocycles. The monoisotopic (exact) mass is 188 g/mol. The molecule has 0 aromatic heterocycles. The molecule has 3 atom stereocenters. The van der Waals surface area contributed by atoms with E-state index in [0.29, 0.717) is 17.9 Å². The SMILES string of the molecule is C[N+]1(C)CCC2=C[C@@H]3C=C[C@@H]2[C@@H]1C=C3. The number of allylic oxidation sites excluding steroid dienone is 3. The van der Waals surface area contributed by atoms with E-state index in [4.69, 9.17) is 0 Å². The van der Waals surface area contributed by atoms with E-state index in [1.54, 1.807) is 5.57 Å². The Morgan fingerprint density at radius 1 is 1.14 bits per heavy atom. The van der Waals surface area contributed by atoms with Crippen molar-refractivity contribution in [3.63, 3.8) is 0 Å². The minimum Gasteiger partial charge on any atom is -0.322 e. The number of hydrogen-bond acceptors (Lipinski definition) is 0. The molecule has 0 aromatic rings. The summed E-state index contributed by atoms with van der Waals surface area (Å²) in [7, 11) is 4.72. The van der Waals surface area contributed by atoms with Crippen LogP contribution in [0.15, 0.2) is 36.0 Å². The van der Waals surface area contributed by atoms with Crippen LogP contribution in [0.25, 0.3) is 0 Å². The van der Waals surface area contributed by atoms with Crippen molar-refractivity contribution in [2.75, 3.05) is 20.6 Å². The summed E-state index contributed by atoms with van der Waals surface area (Å²) in [6, 6.07) is 0.679. The fraction of sp³-hybridized carbons (Fsp3) is 0.538. The number of nitrogens with zero attached hydrogens (tertiary/aromatic N) is 1. The summed E-state index contributed by atoms with van der Waals surface area (Å²) in [5.41, 5.74) is 1.69. The maximum Gasteiger partial charge on any atom is 0.117 e. The van der Waals surface area contributed by atoms with E-state index in [1.807, 2.05) is 0 Å². The number of likely N-dealkylation sites (tertiary alicyclic amines) is 1. The van der Waals surface area contributed by atoms with Gasteiger partial charge in [0.1, 0.15) is 6.04 Å². The first-order chi connectivity index (χ1) is 6.67. The van der Waals surface area contributed by atoms with Crippen LogP contribution >= 0.6 is 0 Å². The number of quaternary nitrogens is 1. The molecule has 74 valence electrons. The van der Waals surface area contributed by atoms with E-state index < -0.39 is 0 Å². The average molecular weight is 188 g/mol. The van der Waals surface area contributed by atoms with Crippen molar-refractivity contribution in [2.45, 2.75) is 12.5 Å². The standard InChI is InChI=1S/C13H18N/c1-14(2)8-7-11-9-10-3-5-12(11)13(14)6-4-10/h3-6,9-10,12-13H,7-8H2,1-2H3/q+1/t10-,12+,13+/m1/s1. The van der Waals surface area contributed by atoms with Crippen molar-refractivity contribution in [2.24, 2.45) is 11.8 Å². The molecule has 0 aromatic carbocycles. The predicted octanol–water partition coefficient (Wildman–Crippen LogP) is 2.13. The van der Waals surface area contributed by atoms with Crippen molar-refractivity contribution >= 4 is 0 Å². The Hall–Kier alpha value is -0.820. The molecule has 0 saturated carbocycles. The lowest BCUT2D eigenvalue weighted by molar-refractivity contribution is -0.914. The molecule has 0 unspecified atom stereocenters. The van der Waals surface area contributed by atoms with Gasteiger partial charge >= 0.3 is 0 Å². The first-order valence-electron chi connectivity index (χ1n) is 5.57. The zero-order valence-corrected chi connectivity index (χ0v) is 8.98. The first kappa shape index (κ1) is 8.49. The minimum absolute atomic E-state index is 0.587. The van der Waals surface area contributed by atoms with Crippen LogP contribution in [0.4, 0.5) is 0 Å². The van der Waals surface area contributed by atoms with Gasteiger partial charge in [-0.2, -0.15) is 0 Å². The lowest BCUT2D eigenvalue weighted by atomic mass is 9.81. The fourth-order valence-electron chi connectivity index (χ4n) is 3.08. The van der Waals surface area contributed by atoms with Gasteiger partial charge in [0.2, 0.25) is 0 Å². The second kappa shape index (κ2) is 2.60. The molecule has 0 N–H and O–H groups in total. The highest BCUT2D eigenvalue weighted by Gasteiger charge is 2.41. The third-order valence-electron chi connectivity index (χ3n) is 4.06. The largest absolute Gasteiger partial charge is 0.322 e. The van der Waals surface area contributed by atoms with Gasteiger partial charge in [0.05, 0.1) is 26.6 Å². The highest BCUT2D eigenvalue weighted by molar-refractivity contribution is 5.33. The fourth-order valence-corrected chi connectivity index (χ4v) is 3.08. The van der Waals surface area contributed by atoms with Gasteiger partial charge in [-0.25, -0.2) is 0 Å². The molecule has 1 heteroatoms. The Morgan fingerprint density at radius 3 is 2.79 bits per heavy atom. The third kappa shape index (κ3) is 1.05. The summed E-state index contributed by atoms with van der Waals surface area (Å²) < 4.78 is 1.15. The molecule has 4 aliphatic rings. The maximum absolute atomic E-state index is 2.47. The second-order valence-corrected chi connectivity index (χ2v) is 5.36. The smallest absolute Gasteiger partial charge is 0.117 e. The van der Waals surface area contributed by atoms with Crippen LogP contribution in [-0.2, 0) is 0 Å². The zero-order valence-electron chi connectivity index (χ0n) is 8.98. The lowest BCUT2D eigenvalue weighted by Crippen LogP contribution is -2.55. The summed E-state index contributed by atoms with van der Waals surface area (Å²) in [6.07, 6.45) is 13.4. The molecule has 1 saturated heterocycles. The van der Waals surface area contributed by atoms with Gasteiger partial charge < -0.3 is 4.48 Å². The summed E-state index contributed by atoms with van der Waals surface area (Å²) in [5, 5.41) is 0. The van der Waals surface area contributed by atoms with E-state index in [-0.39, 0.29) is 0 Å². The van der Waals surface area contributed by atoms with Crippen LogP contribution in [0.5, 0.6) is 0 Å². The Kier molecular flexibility index (Phi) is 1.58. The van der Waals surface area contributed by atoms with E-state index in [9.17, 15) is 0 Å². The van der Waals surface area contributed by atoms with Crippen molar-refractivity contribution in [1.29, 1.82) is 0 Å². The molecule has 4 rings (SSSR count). The molecule has 1 fully saturated rings. The van der Waals surface area contributed by atoms with Crippen molar-refractivity contribution in [1.82, 2.24) is 0 Å². The van der Waals surface area contributed by atoms with Gasteiger partial charge in [-0.15, -0.1) is 0 Å². The van der Waals surface area contributed by atoms with E-state index in [2.05, 4.69) is 44.5 Å². The molecule has 0 amide bonds. The normalized spacial score (nSPS) is 42.1. The van der Waals surface area contributed by atoms with E-state index >= 15 is 0 Å². The minimum atomic E-state index is 0.587. The summed E-state index contributed by atoms with van der Waals surface area (Å²) >= 11 is 0. The maximum atomic E-state index is 2.47. The van der Waals surface area contributed by atoms with Gasteiger partial charge in [-0.1, -0.05) is 29.9 Å². The van der Waals surface area contributed by atoms with Gasteiger partial charge in [0.25, 0.3) is 0 Å². The van der Waals surface area contributed by atoms with Crippen molar-refractivity contribution < 1.29 is 4.48 Å². The van der Waals surface area contributed by atoms with Gasteiger partial charge in [-0.3, -0.25) is 0 Å². The molecule has 1 aliphatic heterocycles. The third-order valence-corrected chi connectivity index (χ3v) is 4.06. The molecular weight excluding hydrogens is 170 g/mol. The summed E-state index contributed by atoms with van der Waals surface area (Å²) in [4.78, 5) is 0. The van der Waals surface area contributed by atoms with Crippen LogP contribution in [0, 0.1) is 11.8 Å². The Labute approximate surface area is 86.0 Å². The Morgan fingerprint density at radius 2 is 1.93 bits per heavy atom. The van der Waals surface area contributed by atoms with Crippen LogP contribution in [0.1, 0.15) is 6.42 Å². The summed E-state index contributed by atoms with van der Waals surface area (Å²) in [6.45, 7) is 1.29. The summed E-state index contributed by atoms with van der Waals surface area (Å²) in [5.74, 6) is 1.28. The van der Waals surface area contributed by atoms with Crippen molar-refractivity contribution in [3.05, 3.63) is 36.0 Å². The number of likely N-dealkylation sites (N-methyl/N-ethyl adjacent to an activating group) is 1. The Bertz CT molecular complexity index is 346. The quantitative estimate of drug-likeness (QED) is 0.403. The predicted molar refractivity (Wildman–Crippen MR) is 58.7 cm³/mol. The highest BCUT2D eigenvalue weighted by Crippen LogP contribution is 2.39. The number of piperidine rings is 1. The highest BCUT2D eigenvalue weighted by atomic mass is 15.3. The number of rotatable bonds is 0. The molecule has 0 radical (unpaired) electrons. The van der Waals surface area contributed by atoms with Gasteiger partial charge in [-0.05, 0) is 6.08 Å².